The molecule has 0 aromatic carbocycles. The number of hydrogen-bond donors (Lipinski definition) is 3. The summed E-state index contributed by atoms with van der Waals surface area (Å²) in [6, 6.07) is -1.74. The van der Waals surface area contributed by atoms with Crippen LogP contribution in [0.25, 0.3) is 0 Å². The van der Waals surface area contributed by atoms with Crippen molar-refractivity contribution in [3.8, 4) is 0 Å². The monoisotopic (exact) mass is 289 g/mol. The Hall–Kier alpha value is -1.44. The molecule has 1 rings (SSSR count). The van der Waals surface area contributed by atoms with E-state index in [9.17, 15) is 14.4 Å². The first kappa shape index (κ1) is 15.6. The zero-order valence-electron chi connectivity index (χ0n) is 11.0. The van der Waals surface area contributed by atoms with Gasteiger partial charge in [0.25, 0.3) is 0 Å². The lowest BCUT2D eigenvalue weighted by Crippen LogP contribution is -2.53. The van der Waals surface area contributed by atoms with Crippen molar-refractivity contribution in [3.63, 3.8) is 0 Å². The molecule has 0 radical (unpaired) electrons. The molecule has 7 nitrogen and oxygen atoms in total. The third kappa shape index (κ3) is 4.98. The smallest absolute Gasteiger partial charge is 0.326 e. The molecule has 0 aromatic rings. The van der Waals surface area contributed by atoms with Crippen LogP contribution in [-0.2, 0) is 9.59 Å². The van der Waals surface area contributed by atoms with Crippen LogP contribution in [0, 0.1) is 0 Å². The zero-order valence-corrected chi connectivity index (χ0v) is 11.8. The number of carboxylic acid groups (broad SMARTS) is 1. The number of nitrogens with two attached hydrogens (primary N) is 1. The van der Waals surface area contributed by atoms with Gasteiger partial charge in [-0.2, -0.15) is 11.8 Å². The summed E-state index contributed by atoms with van der Waals surface area (Å²) < 4.78 is 0. The van der Waals surface area contributed by atoms with Crippen molar-refractivity contribution >= 4 is 29.7 Å². The first-order valence-corrected chi connectivity index (χ1v) is 6.96. The van der Waals surface area contributed by atoms with Gasteiger partial charge in [0.1, 0.15) is 6.04 Å². The van der Waals surface area contributed by atoms with Crippen LogP contribution >= 0.6 is 11.8 Å². The van der Waals surface area contributed by atoms with E-state index >= 15 is 0 Å². The van der Waals surface area contributed by atoms with Gasteiger partial charge in [0.2, 0.25) is 5.91 Å². The highest BCUT2D eigenvalue weighted by molar-refractivity contribution is 8.00. The van der Waals surface area contributed by atoms with E-state index in [2.05, 4.69) is 5.32 Å². The van der Waals surface area contributed by atoms with E-state index in [0.29, 0.717) is 23.6 Å². The molecule has 108 valence electrons. The van der Waals surface area contributed by atoms with Gasteiger partial charge < -0.3 is 21.1 Å². The van der Waals surface area contributed by atoms with Crippen LogP contribution in [0.3, 0.4) is 0 Å². The average Bonchev–Trinajstić information content (AvgIpc) is 2.25. The summed E-state index contributed by atoms with van der Waals surface area (Å²) in [5.41, 5.74) is 4.96. The summed E-state index contributed by atoms with van der Waals surface area (Å²) in [6.07, 6.45) is -0.408. The average molecular weight is 289 g/mol. The minimum absolute atomic E-state index is 0.300. The van der Waals surface area contributed by atoms with Gasteiger partial charge in [-0.1, -0.05) is 13.8 Å². The first-order chi connectivity index (χ1) is 8.79. The number of urea groups is 1. The normalized spacial score (nSPS) is 24.6. The Morgan fingerprint density at radius 1 is 1.37 bits per heavy atom. The second-order valence-electron chi connectivity index (χ2n) is 4.67. The van der Waals surface area contributed by atoms with Crippen LogP contribution in [0.4, 0.5) is 4.79 Å². The van der Waals surface area contributed by atoms with Crippen LogP contribution in [0.1, 0.15) is 20.3 Å². The van der Waals surface area contributed by atoms with Gasteiger partial charge in [0, 0.05) is 23.6 Å². The standard InChI is InChI=1S/C11H19N3O4S/c1-6-4-14(5-7(2)19-6)11(18)13-8(10(16)17)3-9(12)15/h6-8H,3-5H2,1-2H3,(H2,12,15)(H,13,18)(H,16,17)/t6?,7?,8-/m0/s1. The Balaban J connectivity index is 2.61. The number of carboxylic acids is 1. The highest BCUT2D eigenvalue weighted by atomic mass is 32.2. The number of nitrogens with zero attached hydrogens (tertiary/aromatic N) is 1. The van der Waals surface area contributed by atoms with E-state index in [0.717, 1.165) is 0 Å². The van der Waals surface area contributed by atoms with Crippen molar-refractivity contribution in [2.75, 3.05) is 13.1 Å². The fourth-order valence-electron chi connectivity index (χ4n) is 1.99. The molecule has 0 spiro atoms. The third-order valence-electron chi connectivity index (χ3n) is 2.71. The molecule has 0 aliphatic carbocycles. The number of hydrogen-bond acceptors (Lipinski definition) is 4. The molecule has 1 heterocycles. The van der Waals surface area contributed by atoms with Gasteiger partial charge in [-0.15, -0.1) is 0 Å². The lowest BCUT2D eigenvalue weighted by atomic mass is 10.2. The number of aliphatic carboxylic acids is 1. The second-order valence-corrected chi connectivity index (χ2v) is 6.55. The molecule has 19 heavy (non-hydrogen) atoms. The van der Waals surface area contributed by atoms with Crippen LogP contribution in [0.5, 0.6) is 0 Å². The summed E-state index contributed by atoms with van der Waals surface area (Å²) in [5.74, 6) is -2.02. The molecule has 1 saturated heterocycles. The maximum atomic E-state index is 12.0. The summed E-state index contributed by atoms with van der Waals surface area (Å²) in [5, 5.41) is 11.9. The molecule has 1 aliphatic heterocycles. The van der Waals surface area contributed by atoms with Gasteiger partial charge in [-0.25, -0.2) is 9.59 Å². The Morgan fingerprint density at radius 2 is 1.89 bits per heavy atom. The van der Waals surface area contributed by atoms with E-state index in [1.54, 1.807) is 16.7 Å². The van der Waals surface area contributed by atoms with Crippen molar-refractivity contribution in [3.05, 3.63) is 0 Å². The van der Waals surface area contributed by atoms with E-state index in [1.807, 2.05) is 13.8 Å². The van der Waals surface area contributed by atoms with Crippen LogP contribution in [0.15, 0.2) is 0 Å². The quantitative estimate of drug-likeness (QED) is 0.666. The number of nitrogens with one attached hydrogen (secondary N) is 1. The summed E-state index contributed by atoms with van der Waals surface area (Å²) in [7, 11) is 0. The Kier molecular flexibility index (Phi) is 5.46. The number of carbonyl (C=O) groups excluding carboxylic acids is 2. The third-order valence-corrected chi connectivity index (χ3v) is 3.94. The summed E-state index contributed by atoms with van der Waals surface area (Å²) in [4.78, 5) is 35.3. The fourth-order valence-corrected chi connectivity index (χ4v) is 3.31. The Morgan fingerprint density at radius 3 is 2.32 bits per heavy atom. The van der Waals surface area contributed by atoms with Crippen molar-refractivity contribution in [1.29, 1.82) is 0 Å². The molecular weight excluding hydrogens is 270 g/mol. The fraction of sp³-hybridized carbons (Fsp3) is 0.727. The minimum atomic E-state index is -1.27. The van der Waals surface area contributed by atoms with E-state index < -0.39 is 30.4 Å². The van der Waals surface area contributed by atoms with E-state index in [1.165, 1.54) is 0 Å². The van der Waals surface area contributed by atoms with E-state index in [-0.39, 0.29) is 0 Å². The highest BCUT2D eigenvalue weighted by Gasteiger charge is 2.29. The van der Waals surface area contributed by atoms with Gasteiger partial charge in [-0.05, 0) is 0 Å². The lowest BCUT2D eigenvalue weighted by Gasteiger charge is -2.35. The number of thioether (sulfide) groups is 1. The highest BCUT2D eigenvalue weighted by Crippen LogP contribution is 2.24. The lowest BCUT2D eigenvalue weighted by molar-refractivity contribution is -0.140. The molecule has 0 saturated carbocycles. The number of rotatable bonds is 4. The number of carbonyl (C=O) groups is 3. The van der Waals surface area contributed by atoms with Crippen LogP contribution in [0.2, 0.25) is 0 Å². The molecule has 1 fully saturated rings. The van der Waals surface area contributed by atoms with Crippen molar-refractivity contribution < 1.29 is 19.5 Å². The molecule has 1 aliphatic rings. The van der Waals surface area contributed by atoms with Gasteiger partial charge in [-0.3, -0.25) is 4.79 Å². The molecule has 0 aromatic heterocycles. The van der Waals surface area contributed by atoms with Crippen molar-refractivity contribution in [2.45, 2.75) is 36.8 Å². The second kappa shape index (κ2) is 6.65. The Labute approximate surface area is 115 Å². The largest absolute Gasteiger partial charge is 0.480 e. The van der Waals surface area contributed by atoms with Gasteiger partial charge in [0.15, 0.2) is 0 Å². The maximum absolute atomic E-state index is 12.0. The number of amides is 3. The Bertz CT molecular complexity index is 367. The van der Waals surface area contributed by atoms with Crippen LogP contribution in [-0.4, -0.2) is 57.5 Å². The summed E-state index contributed by atoms with van der Waals surface area (Å²) >= 11 is 1.79. The SMILES string of the molecule is CC1CN(C(=O)N[C@@H](CC(N)=O)C(=O)O)CC(C)S1. The maximum Gasteiger partial charge on any atom is 0.326 e. The van der Waals surface area contributed by atoms with Gasteiger partial charge >= 0.3 is 12.0 Å². The zero-order chi connectivity index (χ0) is 14.6. The molecule has 3 atom stereocenters. The predicted octanol–water partition coefficient (Wildman–Crippen LogP) is -0.150. The number of primary amides is 1. The predicted molar refractivity (Wildman–Crippen MR) is 71.9 cm³/mol. The topological polar surface area (TPSA) is 113 Å². The minimum Gasteiger partial charge on any atom is -0.480 e. The van der Waals surface area contributed by atoms with E-state index in [4.69, 9.17) is 10.8 Å². The molecule has 0 bridgehead atoms. The molecule has 8 heteroatoms. The van der Waals surface area contributed by atoms with Gasteiger partial charge in [0.05, 0.1) is 6.42 Å². The first-order valence-electron chi connectivity index (χ1n) is 6.01. The van der Waals surface area contributed by atoms with Crippen molar-refractivity contribution in [1.82, 2.24) is 10.2 Å². The van der Waals surface area contributed by atoms with Crippen molar-refractivity contribution in [2.24, 2.45) is 5.73 Å². The molecule has 4 N–H and O–H groups in total. The van der Waals surface area contributed by atoms with Crippen LogP contribution < -0.4 is 11.1 Å². The molecule has 2 unspecified atom stereocenters. The summed E-state index contributed by atoms with van der Waals surface area (Å²) in [6.45, 7) is 5.14. The molecular formula is C11H19N3O4S. The molecule has 3 amide bonds.